The number of hydrogen-bond acceptors (Lipinski definition) is 4. The lowest BCUT2D eigenvalue weighted by Crippen LogP contribution is -2.69. The molecule has 3 saturated carbocycles. The Morgan fingerprint density at radius 2 is 1.89 bits per heavy atom. The third-order valence-electron chi connectivity index (χ3n) is 10.2. The Hall–Kier alpha value is -1.95. The number of aliphatic hydroxyl groups excluding tert-OH is 1. The van der Waals surface area contributed by atoms with Gasteiger partial charge in [0.15, 0.2) is 11.4 Å². The molecule has 0 heterocycles. The Morgan fingerprint density at radius 1 is 1.20 bits per heavy atom. The smallest absolute Gasteiger partial charge is 0.253 e. The SMILES string of the molecule is C[C@@H]1CC2C3CCC4=CC(=O)C=CC4(C)[C@@]3(Cl)[C@@H](O)CC2(C)[C@@]1(O)C(=O)N[C@H](C)c1ccccc1. The number of aliphatic hydroxyl groups is 2. The number of rotatable bonds is 3. The van der Waals surface area contributed by atoms with E-state index in [1.807, 2.05) is 64.1 Å². The summed E-state index contributed by atoms with van der Waals surface area (Å²) in [6.07, 6.45) is 6.46. The van der Waals surface area contributed by atoms with Crippen molar-refractivity contribution in [3.63, 3.8) is 0 Å². The molecule has 1 amide bonds. The molecule has 4 aliphatic carbocycles. The van der Waals surface area contributed by atoms with Gasteiger partial charge in [-0.2, -0.15) is 0 Å². The number of nitrogens with one attached hydrogen (secondary N) is 1. The van der Waals surface area contributed by atoms with Gasteiger partial charge >= 0.3 is 0 Å². The molecular formula is C29H36ClNO4. The van der Waals surface area contributed by atoms with Crippen LogP contribution in [0.15, 0.2) is 54.1 Å². The molecule has 35 heavy (non-hydrogen) atoms. The molecule has 3 fully saturated rings. The van der Waals surface area contributed by atoms with E-state index in [9.17, 15) is 19.8 Å². The normalized spacial score (nSPS) is 45.1. The van der Waals surface area contributed by atoms with Crippen molar-refractivity contribution in [2.45, 2.75) is 76.0 Å². The third-order valence-corrected chi connectivity index (χ3v) is 11.1. The molecule has 0 spiro atoms. The van der Waals surface area contributed by atoms with Gasteiger partial charge in [0.2, 0.25) is 0 Å². The molecule has 0 saturated heterocycles. The predicted octanol–water partition coefficient (Wildman–Crippen LogP) is 4.48. The summed E-state index contributed by atoms with van der Waals surface area (Å²) in [5.74, 6) is -0.856. The maximum Gasteiger partial charge on any atom is 0.253 e. The highest BCUT2D eigenvalue weighted by Gasteiger charge is 2.74. The number of amides is 1. The van der Waals surface area contributed by atoms with E-state index in [4.69, 9.17) is 11.6 Å². The molecule has 4 aliphatic rings. The van der Waals surface area contributed by atoms with Crippen molar-refractivity contribution in [1.82, 2.24) is 5.32 Å². The van der Waals surface area contributed by atoms with Crippen molar-refractivity contribution in [2.75, 3.05) is 0 Å². The van der Waals surface area contributed by atoms with E-state index in [0.717, 1.165) is 17.6 Å². The lowest BCUT2D eigenvalue weighted by atomic mass is 9.45. The summed E-state index contributed by atoms with van der Waals surface area (Å²) in [6.45, 7) is 7.84. The first-order chi connectivity index (χ1) is 16.4. The van der Waals surface area contributed by atoms with Gasteiger partial charge in [-0.25, -0.2) is 0 Å². The summed E-state index contributed by atoms with van der Waals surface area (Å²) >= 11 is 7.47. The summed E-state index contributed by atoms with van der Waals surface area (Å²) in [5.41, 5.74) is -1.18. The molecule has 5 rings (SSSR count). The molecule has 6 heteroatoms. The highest BCUT2D eigenvalue weighted by atomic mass is 35.5. The maximum atomic E-state index is 13.8. The van der Waals surface area contributed by atoms with E-state index in [1.54, 1.807) is 12.2 Å². The van der Waals surface area contributed by atoms with Crippen LogP contribution < -0.4 is 5.32 Å². The standard InChI is InChI=1S/C29H36ClNO4/c1-17-14-23-22-11-10-20-15-21(32)12-13-26(20,3)28(22,30)24(33)16-27(23,4)29(17,35)25(34)31-18(2)19-8-6-5-7-9-19/h5-9,12-13,15,17-18,22-24,33,35H,10-11,14,16H2,1-4H3,(H,31,34)/t17-,18-,22?,23?,24+,26?,27?,28+,29+/m1/s1. The topological polar surface area (TPSA) is 86.6 Å². The van der Waals surface area contributed by atoms with Crippen LogP contribution in [0.3, 0.4) is 0 Å². The van der Waals surface area contributed by atoms with Crippen LogP contribution in [0.4, 0.5) is 0 Å². The number of fused-ring (bicyclic) bond motifs is 5. The summed E-state index contributed by atoms with van der Waals surface area (Å²) in [5, 5.41) is 26.9. The fourth-order valence-corrected chi connectivity index (χ4v) is 8.68. The zero-order chi connectivity index (χ0) is 25.4. The van der Waals surface area contributed by atoms with E-state index in [2.05, 4.69) is 5.32 Å². The van der Waals surface area contributed by atoms with Crippen LogP contribution in [0, 0.1) is 28.6 Å². The van der Waals surface area contributed by atoms with E-state index in [1.165, 1.54) is 0 Å². The molecule has 3 N–H and O–H groups in total. The zero-order valence-electron chi connectivity index (χ0n) is 20.9. The van der Waals surface area contributed by atoms with Crippen LogP contribution in [0.25, 0.3) is 0 Å². The summed E-state index contributed by atoms with van der Waals surface area (Å²) in [6, 6.07) is 9.45. The second-order valence-electron chi connectivity index (χ2n) is 11.8. The van der Waals surface area contributed by atoms with Crippen LogP contribution in [-0.2, 0) is 9.59 Å². The van der Waals surface area contributed by atoms with E-state index >= 15 is 0 Å². The highest BCUT2D eigenvalue weighted by molar-refractivity contribution is 6.26. The monoisotopic (exact) mass is 497 g/mol. The van der Waals surface area contributed by atoms with E-state index in [-0.39, 0.29) is 41.9 Å². The average Bonchev–Trinajstić information content (AvgIpc) is 3.02. The lowest BCUT2D eigenvalue weighted by Gasteiger charge is -2.63. The van der Waals surface area contributed by atoms with Crippen molar-refractivity contribution < 1.29 is 19.8 Å². The minimum atomic E-state index is -1.63. The molecule has 1 aromatic carbocycles. The van der Waals surface area contributed by atoms with Gasteiger partial charge in [0.1, 0.15) is 0 Å². The Labute approximate surface area is 212 Å². The fraction of sp³-hybridized carbons (Fsp3) is 0.586. The number of benzene rings is 1. The number of carbonyl (C=O) groups is 2. The number of alkyl halides is 1. The Bertz CT molecular complexity index is 1120. The molecule has 0 aromatic heterocycles. The first-order valence-electron chi connectivity index (χ1n) is 12.8. The van der Waals surface area contributed by atoms with Gasteiger partial charge in [0, 0.05) is 10.8 Å². The van der Waals surface area contributed by atoms with Gasteiger partial charge in [-0.3, -0.25) is 9.59 Å². The summed E-state index contributed by atoms with van der Waals surface area (Å²) in [4.78, 5) is 24.8. The van der Waals surface area contributed by atoms with Crippen molar-refractivity contribution >= 4 is 23.3 Å². The first-order valence-corrected chi connectivity index (χ1v) is 13.2. The molecule has 9 atom stereocenters. The van der Waals surface area contributed by atoms with Gasteiger partial charge in [-0.1, -0.05) is 62.8 Å². The number of ketones is 1. The average molecular weight is 498 g/mol. The van der Waals surface area contributed by atoms with Crippen molar-refractivity contribution in [1.29, 1.82) is 0 Å². The fourth-order valence-electron chi connectivity index (χ4n) is 8.16. The van der Waals surface area contributed by atoms with Crippen LogP contribution in [0.5, 0.6) is 0 Å². The second-order valence-corrected chi connectivity index (χ2v) is 12.4. The molecular weight excluding hydrogens is 462 g/mol. The van der Waals surface area contributed by atoms with Gasteiger partial charge in [0.05, 0.1) is 17.0 Å². The summed E-state index contributed by atoms with van der Waals surface area (Å²) < 4.78 is 0. The quantitative estimate of drug-likeness (QED) is 0.537. The van der Waals surface area contributed by atoms with Crippen molar-refractivity contribution in [3.8, 4) is 0 Å². The Kier molecular flexibility index (Phi) is 5.67. The van der Waals surface area contributed by atoms with Crippen molar-refractivity contribution in [3.05, 3.63) is 59.7 Å². The van der Waals surface area contributed by atoms with Crippen LogP contribution in [-0.4, -0.2) is 38.5 Å². The molecule has 0 bridgehead atoms. The number of allylic oxidation sites excluding steroid dienone is 4. The molecule has 0 aliphatic heterocycles. The van der Waals surface area contributed by atoms with Crippen molar-refractivity contribution in [2.24, 2.45) is 28.6 Å². The highest BCUT2D eigenvalue weighted by Crippen LogP contribution is 2.71. The van der Waals surface area contributed by atoms with Gasteiger partial charge in [-0.15, -0.1) is 11.6 Å². The van der Waals surface area contributed by atoms with Crippen LogP contribution in [0.2, 0.25) is 0 Å². The van der Waals surface area contributed by atoms with Crippen LogP contribution in [0.1, 0.15) is 65.0 Å². The third kappa shape index (κ3) is 3.14. The van der Waals surface area contributed by atoms with Gasteiger partial charge < -0.3 is 15.5 Å². The largest absolute Gasteiger partial charge is 0.391 e. The number of hydrogen-bond donors (Lipinski definition) is 3. The first kappa shape index (κ1) is 24.7. The second kappa shape index (κ2) is 8.03. The Balaban J connectivity index is 1.50. The molecule has 5 nitrogen and oxygen atoms in total. The molecule has 1 aromatic rings. The lowest BCUT2D eigenvalue weighted by molar-refractivity contribution is -0.180. The van der Waals surface area contributed by atoms with Crippen LogP contribution >= 0.6 is 11.6 Å². The zero-order valence-corrected chi connectivity index (χ0v) is 21.7. The Morgan fingerprint density at radius 3 is 2.57 bits per heavy atom. The number of carbonyl (C=O) groups excluding carboxylic acids is 2. The predicted molar refractivity (Wildman–Crippen MR) is 136 cm³/mol. The van der Waals surface area contributed by atoms with Gasteiger partial charge in [-0.05, 0) is 68.1 Å². The van der Waals surface area contributed by atoms with Gasteiger partial charge in [0.25, 0.3) is 5.91 Å². The minimum Gasteiger partial charge on any atom is -0.391 e. The molecule has 188 valence electrons. The maximum absolute atomic E-state index is 13.8. The minimum absolute atomic E-state index is 0.0365. The number of halogens is 1. The summed E-state index contributed by atoms with van der Waals surface area (Å²) in [7, 11) is 0. The van der Waals surface area contributed by atoms with E-state index < -0.39 is 27.4 Å². The molecule has 4 unspecified atom stereocenters. The van der Waals surface area contributed by atoms with E-state index in [0.29, 0.717) is 12.8 Å². The molecule has 0 radical (unpaired) electrons.